The predicted molar refractivity (Wildman–Crippen MR) is 127 cm³/mol. The summed E-state index contributed by atoms with van der Waals surface area (Å²) in [5.41, 5.74) is 3.27. The van der Waals surface area contributed by atoms with Gasteiger partial charge in [-0.25, -0.2) is 10.2 Å². The van der Waals surface area contributed by atoms with Gasteiger partial charge in [-0.2, -0.15) is 5.10 Å². The lowest BCUT2D eigenvalue weighted by molar-refractivity contribution is -0.136. The second kappa shape index (κ2) is 11.5. The molecule has 3 aromatic carbocycles. The van der Waals surface area contributed by atoms with Gasteiger partial charge in [-0.3, -0.25) is 9.59 Å². The van der Waals surface area contributed by atoms with Crippen LogP contribution in [0.4, 0.5) is 5.69 Å². The first kappa shape index (κ1) is 24.3. The monoisotopic (exact) mass is 481 g/mol. The number of hydrogen-bond acceptors (Lipinski definition) is 7. The fraction of sp³-hybridized carbons (Fsp3) is 0.0833. The average molecular weight is 482 g/mol. The lowest BCUT2D eigenvalue weighted by Gasteiger charge is -2.10. The fourth-order valence-corrected chi connectivity index (χ4v) is 2.95. The van der Waals surface area contributed by atoms with Crippen molar-refractivity contribution in [2.75, 3.05) is 19.5 Å². The third-order valence-corrected chi connectivity index (χ3v) is 4.73. The molecule has 10 heteroatoms. The molecule has 2 N–H and O–H groups in total. The molecule has 34 heavy (non-hydrogen) atoms. The zero-order chi connectivity index (χ0) is 24.5. The van der Waals surface area contributed by atoms with Gasteiger partial charge in [0.2, 0.25) is 0 Å². The van der Waals surface area contributed by atoms with Gasteiger partial charge < -0.3 is 19.5 Å². The van der Waals surface area contributed by atoms with Crippen molar-refractivity contribution in [3.63, 3.8) is 0 Å². The summed E-state index contributed by atoms with van der Waals surface area (Å²) in [6, 6.07) is 17.7. The highest BCUT2D eigenvalue weighted by Crippen LogP contribution is 2.29. The van der Waals surface area contributed by atoms with Crippen molar-refractivity contribution >= 4 is 41.3 Å². The van der Waals surface area contributed by atoms with E-state index in [9.17, 15) is 14.4 Å². The number of halogens is 1. The Morgan fingerprint density at radius 2 is 1.68 bits per heavy atom. The van der Waals surface area contributed by atoms with Crippen molar-refractivity contribution < 1.29 is 28.6 Å². The van der Waals surface area contributed by atoms with Gasteiger partial charge in [0, 0.05) is 11.8 Å². The maximum absolute atomic E-state index is 12.4. The SMILES string of the molecule is COc1cccc(NC(=O)C(=O)N/N=C\c2ccc(OC(=O)c3ccccc3Cl)c(OC)c2)c1. The Morgan fingerprint density at radius 3 is 2.41 bits per heavy atom. The molecule has 0 unspecified atom stereocenters. The van der Waals surface area contributed by atoms with Crippen molar-refractivity contribution in [1.82, 2.24) is 5.43 Å². The van der Waals surface area contributed by atoms with E-state index in [1.165, 1.54) is 26.5 Å². The standard InChI is InChI=1S/C24H20ClN3O6/c1-32-17-7-5-6-16(13-17)27-22(29)23(30)28-26-14-15-10-11-20(21(12-15)33-2)34-24(31)18-8-3-4-9-19(18)25/h3-14H,1-2H3,(H,27,29)(H,28,30)/b26-14-. The van der Waals surface area contributed by atoms with Gasteiger partial charge in [0.25, 0.3) is 0 Å². The highest BCUT2D eigenvalue weighted by molar-refractivity contribution is 6.39. The summed E-state index contributed by atoms with van der Waals surface area (Å²) >= 11 is 6.03. The molecule has 3 rings (SSSR count). The number of hydrazone groups is 1. The molecule has 0 heterocycles. The molecule has 0 bridgehead atoms. The van der Waals surface area contributed by atoms with Crippen LogP contribution in [0.1, 0.15) is 15.9 Å². The van der Waals surface area contributed by atoms with Crippen LogP contribution in [-0.2, 0) is 9.59 Å². The van der Waals surface area contributed by atoms with Crippen molar-refractivity contribution in [2.24, 2.45) is 5.10 Å². The van der Waals surface area contributed by atoms with Crippen molar-refractivity contribution in [2.45, 2.75) is 0 Å². The van der Waals surface area contributed by atoms with Crippen LogP contribution in [0.3, 0.4) is 0 Å². The number of esters is 1. The van der Waals surface area contributed by atoms with E-state index in [0.29, 0.717) is 17.0 Å². The molecule has 0 aliphatic rings. The summed E-state index contributed by atoms with van der Waals surface area (Å²) in [6.07, 6.45) is 1.30. The number of benzene rings is 3. The third-order valence-electron chi connectivity index (χ3n) is 4.40. The number of rotatable bonds is 7. The number of carbonyl (C=O) groups excluding carboxylic acids is 3. The number of ether oxygens (including phenoxy) is 3. The van der Waals surface area contributed by atoms with Gasteiger partial charge >= 0.3 is 17.8 Å². The first-order valence-corrected chi connectivity index (χ1v) is 10.2. The zero-order valence-corrected chi connectivity index (χ0v) is 19.0. The molecule has 0 saturated carbocycles. The Balaban J connectivity index is 1.61. The first-order chi connectivity index (χ1) is 16.4. The molecule has 0 radical (unpaired) electrons. The van der Waals surface area contributed by atoms with Crippen LogP contribution in [0, 0.1) is 0 Å². The zero-order valence-electron chi connectivity index (χ0n) is 18.2. The molecule has 9 nitrogen and oxygen atoms in total. The second-order valence-corrected chi connectivity index (χ2v) is 7.07. The second-order valence-electron chi connectivity index (χ2n) is 6.66. The van der Waals surface area contributed by atoms with E-state index in [2.05, 4.69) is 15.8 Å². The topological polar surface area (TPSA) is 115 Å². The number of anilines is 1. The van der Waals surface area contributed by atoms with Crippen LogP contribution < -0.4 is 25.0 Å². The molecule has 0 spiro atoms. The van der Waals surface area contributed by atoms with E-state index >= 15 is 0 Å². The van der Waals surface area contributed by atoms with Gasteiger partial charge in [0.1, 0.15) is 5.75 Å². The summed E-state index contributed by atoms with van der Waals surface area (Å²) in [6.45, 7) is 0. The van der Waals surface area contributed by atoms with Gasteiger partial charge in [0.15, 0.2) is 11.5 Å². The smallest absolute Gasteiger partial charge is 0.345 e. The van der Waals surface area contributed by atoms with Gasteiger partial charge in [-0.15, -0.1) is 0 Å². The van der Waals surface area contributed by atoms with E-state index < -0.39 is 17.8 Å². The van der Waals surface area contributed by atoms with Crippen LogP contribution in [-0.4, -0.2) is 38.2 Å². The Bertz CT molecular complexity index is 1240. The van der Waals surface area contributed by atoms with Crippen molar-refractivity contribution in [1.29, 1.82) is 0 Å². The van der Waals surface area contributed by atoms with Gasteiger partial charge in [-0.1, -0.05) is 29.8 Å². The van der Waals surface area contributed by atoms with E-state index in [1.807, 2.05) is 0 Å². The van der Waals surface area contributed by atoms with Crippen LogP contribution >= 0.6 is 11.6 Å². The van der Waals surface area contributed by atoms with E-state index in [0.717, 1.165) is 0 Å². The summed E-state index contributed by atoms with van der Waals surface area (Å²) < 4.78 is 15.7. The normalized spacial score (nSPS) is 10.4. The Hall–Kier alpha value is -4.37. The quantitative estimate of drug-likeness (QED) is 0.175. The van der Waals surface area contributed by atoms with E-state index in [4.69, 9.17) is 25.8 Å². The lowest BCUT2D eigenvalue weighted by Crippen LogP contribution is -2.32. The molecular weight excluding hydrogens is 462 g/mol. The molecule has 0 aliphatic carbocycles. The summed E-state index contributed by atoms with van der Waals surface area (Å²) in [5.74, 6) is -1.54. The van der Waals surface area contributed by atoms with Gasteiger partial charge in [0.05, 0.1) is 31.0 Å². The van der Waals surface area contributed by atoms with Gasteiger partial charge in [-0.05, 0) is 48.0 Å². The van der Waals surface area contributed by atoms with E-state index in [-0.39, 0.29) is 22.1 Å². The Kier molecular flexibility index (Phi) is 8.20. The summed E-state index contributed by atoms with van der Waals surface area (Å²) in [7, 11) is 2.90. The number of nitrogens with one attached hydrogen (secondary N) is 2. The van der Waals surface area contributed by atoms with Crippen molar-refractivity contribution in [3.8, 4) is 17.2 Å². The average Bonchev–Trinajstić information content (AvgIpc) is 2.85. The number of amides is 2. The largest absolute Gasteiger partial charge is 0.497 e. The van der Waals surface area contributed by atoms with Crippen molar-refractivity contribution in [3.05, 3.63) is 82.9 Å². The molecule has 0 aromatic heterocycles. The maximum atomic E-state index is 12.4. The highest BCUT2D eigenvalue weighted by atomic mass is 35.5. The van der Waals surface area contributed by atoms with Crippen LogP contribution in [0.25, 0.3) is 0 Å². The number of nitrogens with zero attached hydrogens (tertiary/aromatic N) is 1. The Labute approximate surface area is 200 Å². The van der Waals surface area contributed by atoms with Crippen LogP contribution in [0.15, 0.2) is 71.8 Å². The number of carbonyl (C=O) groups is 3. The molecule has 174 valence electrons. The third kappa shape index (κ3) is 6.33. The molecule has 0 saturated heterocycles. The molecule has 2 amide bonds. The maximum Gasteiger partial charge on any atom is 0.345 e. The molecular formula is C24H20ClN3O6. The fourth-order valence-electron chi connectivity index (χ4n) is 2.74. The number of hydrogen-bond donors (Lipinski definition) is 2. The molecule has 0 aliphatic heterocycles. The minimum atomic E-state index is -0.962. The summed E-state index contributed by atoms with van der Waals surface area (Å²) in [4.78, 5) is 36.4. The summed E-state index contributed by atoms with van der Waals surface area (Å²) in [5, 5.41) is 6.48. The minimum absolute atomic E-state index is 0.172. The highest BCUT2D eigenvalue weighted by Gasteiger charge is 2.16. The molecule has 0 atom stereocenters. The lowest BCUT2D eigenvalue weighted by atomic mass is 10.2. The predicted octanol–water partition coefficient (Wildman–Crippen LogP) is 3.67. The Morgan fingerprint density at radius 1 is 0.882 bits per heavy atom. The van der Waals surface area contributed by atoms with E-state index in [1.54, 1.807) is 60.7 Å². The van der Waals surface area contributed by atoms with Crippen LogP contribution in [0.2, 0.25) is 5.02 Å². The minimum Gasteiger partial charge on any atom is -0.497 e. The van der Waals surface area contributed by atoms with Crippen LogP contribution in [0.5, 0.6) is 17.2 Å². The molecule has 0 fully saturated rings. The number of methoxy groups -OCH3 is 2. The first-order valence-electron chi connectivity index (χ1n) is 9.84. The molecule has 3 aromatic rings.